The molecule has 4 rings (SSSR count). The highest BCUT2D eigenvalue weighted by molar-refractivity contribution is 5.95. The van der Waals surface area contributed by atoms with E-state index >= 15 is 0 Å². The third-order valence-corrected chi connectivity index (χ3v) is 4.92. The molecule has 1 aromatic carbocycles. The van der Waals surface area contributed by atoms with Crippen LogP contribution < -0.4 is 16.1 Å². The number of benzene rings is 1. The molecular weight excluding hydrogens is 416 g/mol. The van der Waals surface area contributed by atoms with Crippen LogP contribution in [0.1, 0.15) is 21.7 Å². The van der Waals surface area contributed by atoms with Crippen LogP contribution in [0.15, 0.2) is 34.0 Å². The van der Waals surface area contributed by atoms with Gasteiger partial charge in [-0.05, 0) is 28.0 Å². The van der Waals surface area contributed by atoms with Gasteiger partial charge in [0.15, 0.2) is 5.69 Å². The molecule has 0 atom stereocenters. The Kier molecular flexibility index (Phi) is 6.37. The molecular formula is C19H24N10O3. The summed E-state index contributed by atoms with van der Waals surface area (Å²) in [4.78, 5) is 17.2. The van der Waals surface area contributed by atoms with E-state index in [-0.39, 0.29) is 17.3 Å². The molecule has 0 radical (unpaired) electrons. The van der Waals surface area contributed by atoms with E-state index in [1.165, 1.54) is 4.68 Å². The van der Waals surface area contributed by atoms with Crippen molar-refractivity contribution < 1.29 is 14.2 Å². The molecule has 13 nitrogen and oxygen atoms in total. The van der Waals surface area contributed by atoms with Gasteiger partial charge in [0, 0.05) is 39.4 Å². The minimum Gasteiger partial charge on any atom is -0.379 e. The van der Waals surface area contributed by atoms with Crippen LogP contribution in [-0.2, 0) is 11.3 Å². The number of nitrogen functional groups attached to an aromatic ring is 1. The standard InChI is InChI=1S/C19H24N10O3/c1-27(2)14-5-3-13(4-6-14)11-21-23-19(30)16-15(12-28-7-9-31-10-8-28)22-26-29(16)18-17(20)24-32-25-18/h3-6,11H,7-10,12H2,1-2H3,(H2,20,24)(H,23,30). The number of rotatable bonds is 7. The van der Waals surface area contributed by atoms with Gasteiger partial charge in [-0.25, -0.2) is 10.1 Å². The molecule has 1 aliphatic heterocycles. The molecule has 0 saturated carbocycles. The minimum atomic E-state index is -0.512. The van der Waals surface area contributed by atoms with Crippen molar-refractivity contribution in [2.45, 2.75) is 6.54 Å². The molecule has 3 N–H and O–H groups in total. The summed E-state index contributed by atoms with van der Waals surface area (Å²) in [6.45, 7) is 3.10. The number of carbonyl (C=O) groups is 1. The zero-order valence-electron chi connectivity index (χ0n) is 17.8. The van der Waals surface area contributed by atoms with Crippen molar-refractivity contribution in [2.24, 2.45) is 5.10 Å². The lowest BCUT2D eigenvalue weighted by molar-refractivity contribution is 0.0335. The molecule has 0 unspecified atom stereocenters. The number of nitrogens with zero attached hydrogens (tertiary/aromatic N) is 8. The van der Waals surface area contributed by atoms with Gasteiger partial charge in [-0.15, -0.1) is 5.10 Å². The molecule has 1 fully saturated rings. The first-order valence-corrected chi connectivity index (χ1v) is 9.97. The van der Waals surface area contributed by atoms with Crippen molar-refractivity contribution in [1.29, 1.82) is 0 Å². The second kappa shape index (κ2) is 9.53. The Labute approximate surface area is 183 Å². The van der Waals surface area contributed by atoms with Gasteiger partial charge < -0.3 is 15.4 Å². The Morgan fingerprint density at radius 2 is 2.00 bits per heavy atom. The number of nitrogens with two attached hydrogens (primary N) is 1. The lowest BCUT2D eigenvalue weighted by atomic mass is 10.2. The van der Waals surface area contributed by atoms with E-state index in [4.69, 9.17) is 10.5 Å². The first kappa shape index (κ1) is 21.4. The second-order valence-electron chi connectivity index (χ2n) is 7.34. The summed E-state index contributed by atoms with van der Waals surface area (Å²) >= 11 is 0. The van der Waals surface area contributed by atoms with E-state index in [1.807, 2.05) is 43.3 Å². The lowest BCUT2D eigenvalue weighted by Crippen LogP contribution is -2.36. The van der Waals surface area contributed by atoms with Gasteiger partial charge in [-0.1, -0.05) is 17.3 Å². The number of amides is 1. The molecule has 1 aliphatic rings. The van der Waals surface area contributed by atoms with E-state index in [0.29, 0.717) is 25.5 Å². The quantitative estimate of drug-likeness (QED) is 0.376. The number of hydrazone groups is 1. The Bertz CT molecular complexity index is 1080. The average Bonchev–Trinajstić information content (AvgIpc) is 3.40. The number of hydrogen-bond donors (Lipinski definition) is 2. The summed E-state index contributed by atoms with van der Waals surface area (Å²) in [5.41, 5.74) is 10.8. The van der Waals surface area contributed by atoms with Crippen LogP contribution in [0, 0.1) is 0 Å². The van der Waals surface area contributed by atoms with Crippen molar-refractivity contribution in [1.82, 2.24) is 35.6 Å². The van der Waals surface area contributed by atoms with Crippen molar-refractivity contribution in [3.05, 3.63) is 41.2 Å². The molecule has 0 spiro atoms. The Morgan fingerprint density at radius 1 is 1.25 bits per heavy atom. The zero-order valence-corrected chi connectivity index (χ0v) is 17.8. The summed E-state index contributed by atoms with van der Waals surface area (Å²) in [6, 6.07) is 7.73. The zero-order chi connectivity index (χ0) is 22.5. The van der Waals surface area contributed by atoms with Gasteiger partial charge in [0.1, 0.15) is 5.69 Å². The lowest BCUT2D eigenvalue weighted by Gasteiger charge is -2.25. The smallest absolute Gasteiger partial charge is 0.292 e. The number of morpholine rings is 1. The predicted molar refractivity (Wildman–Crippen MR) is 116 cm³/mol. The average molecular weight is 440 g/mol. The fourth-order valence-corrected chi connectivity index (χ4v) is 3.18. The highest BCUT2D eigenvalue weighted by atomic mass is 16.6. The number of ether oxygens (including phenoxy) is 1. The van der Waals surface area contributed by atoms with E-state index in [0.717, 1.165) is 24.3 Å². The van der Waals surface area contributed by atoms with Crippen LogP contribution in [0.4, 0.5) is 11.5 Å². The van der Waals surface area contributed by atoms with Crippen LogP contribution in [0.25, 0.3) is 5.82 Å². The molecule has 13 heteroatoms. The van der Waals surface area contributed by atoms with E-state index in [1.54, 1.807) is 6.21 Å². The summed E-state index contributed by atoms with van der Waals surface area (Å²) < 4.78 is 11.2. The van der Waals surface area contributed by atoms with Gasteiger partial charge in [0.05, 0.1) is 19.4 Å². The maximum absolute atomic E-state index is 13.0. The molecule has 32 heavy (non-hydrogen) atoms. The van der Waals surface area contributed by atoms with E-state index in [9.17, 15) is 4.79 Å². The van der Waals surface area contributed by atoms with Crippen LogP contribution in [0.2, 0.25) is 0 Å². The Morgan fingerprint density at radius 3 is 2.66 bits per heavy atom. The van der Waals surface area contributed by atoms with Crippen molar-refractivity contribution in [3.8, 4) is 5.82 Å². The first-order chi connectivity index (χ1) is 15.5. The molecule has 0 aliphatic carbocycles. The normalized spacial score (nSPS) is 14.7. The SMILES string of the molecule is CN(C)c1ccc(C=NNC(=O)c2c(CN3CCOCC3)nnn2-c2nonc2N)cc1. The molecule has 1 amide bonds. The van der Waals surface area contributed by atoms with E-state index in [2.05, 4.69) is 40.7 Å². The first-order valence-electron chi connectivity index (χ1n) is 9.97. The fourth-order valence-electron chi connectivity index (χ4n) is 3.18. The van der Waals surface area contributed by atoms with Crippen molar-refractivity contribution in [3.63, 3.8) is 0 Å². The van der Waals surface area contributed by atoms with E-state index < -0.39 is 5.91 Å². The van der Waals surface area contributed by atoms with Gasteiger partial charge >= 0.3 is 0 Å². The van der Waals surface area contributed by atoms with Crippen LogP contribution in [-0.4, -0.2) is 82.7 Å². The monoisotopic (exact) mass is 440 g/mol. The van der Waals surface area contributed by atoms with Crippen LogP contribution in [0.5, 0.6) is 0 Å². The predicted octanol–water partition coefficient (Wildman–Crippen LogP) is -0.105. The topological polar surface area (TPSA) is 153 Å². The Hall–Kier alpha value is -3.84. The minimum absolute atomic E-state index is 0.00800. The molecule has 2 aromatic heterocycles. The maximum Gasteiger partial charge on any atom is 0.292 e. The number of anilines is 2. The summed E-state index contributed by atoms with van der Waals surface area (Å²) in [7, 11) is 3.93. The molecule has 0 bridgehead atoms. The number of hydrogen-bond acceptors (Lipinski definition) is 11. The maximum atomic E-state index is 13.0. The highest BCUT2D eigenvalue weighted by Crippen LogP contribution is 2.17. The number of nitrogens with one attached hydrogen (secondary N) is 1. The number of carbonyl (C=O) groups excluding carboxylic acids is 1. The molecule has 168 valence electrons. The van der Waals surface area contributed by atoms with Gasteiger partial charge in [0.2, 0.25) is 11.6 Å². The summed E-state index contributed by atoms with van der Waals surface area (Å²) in [5, 5.41) is 19.6. The van der Waals surface area contributed by atoms with Crippen molar-refractivity contribution in [2.75, 3.05) is 51.0 Å². The van der Waals surface area contributed by atoms with Crippen molar-refractivity contribution >= 4 is 23.6 Å². The summed E-state index contributed by atoms with van der Waals surface area (Å²) in [5.74, 6) is -0.438. The highest BCUT2D eigenvalue weighted by Gasteiger charge is 2.26. The molecule has 1 saturated heterocycles. The molecule has 3 aromatic rings. The Balaban J connectivity index is 1.54. The van der Waals surface area contributed by atoms with Crippen LogP contribution in [0.3, 0.4) is 0 Å². The van der Waals surface area contributed by atoms with Gasteiger partial charge in [-0.2, -0.15) is 9.78 Å². The molecule has 3 heterocycles. The largest absolute Gasteiger partial charge is 0.379 e. The van der Waals surface area contributed by atoms with Gasteiger partial charge in [0.25, 0.3) is 5.91 Å². The number of aromatic nitrogens is 5. The summed E-state index contributed by atoms with van der Waals surface area (Å²) in [6.07, 6.45) is 1.55. The van der Waals surface area contributed by atoms with Crippen LogP contribution >= 0.6 is 0 Å². The second-order valence-corrected chi connectivity index (χ2v) is 7.34. The third kappa shape index (κ3) is 4.73. The fraction of sp³-hybridized carbons (Fsp3) is 0.368. The van der Waals surface area contributed by atoms with Gasteiger partial charge in [-0.3, -0.25) is 9.69 Å². The third-order valence-electron chi connectivity index (χ3n) is 4.92.